The van der Waals surface area contributed by atoms with Gasteiger partial charge in [-0.2, -0.15) is 5.26 Å². The number of carbonyl (C=O) groups excluding carboxylic acids is 1. The van der Waals surface area contributed by atoms with Crippen molar-refractivity contribution in [3.63, 3.8) is 0 Å². The normalized spacial score (nSPS) is 9.74. The third kappa shape index (κ3) is 2.78. The van der Waals surface area contributed by atoms with Crippen LogP contribution in [0.4, 0.5) is 5.69 Å². The van der Waals surface area contributed by atoms with Crippen molar-refractivity contribution >= 4 is 11.6 Å². The van der Waals surface area contributed by atoms with Gasteiger partial charge in [0.15, 0.2) is 0 Å². The number of rotatable bonds is 2. The molecule has 1 N–H and O–H groups in total. The first-order valence-corrected chi connectivity index (χ1v) is 5.84. The molecule has 0 aliphatic carbocycles. The standard InChI is InChI=1S/C15H13N3O/c1-10-4-3-5-14(11(10)2)18-15(19)13-6-12(7-16)8-17-9-13/h3-6,8-9H,1-2H3,(H,18,19). The smallest absolute Gasteiger partial charge is 0.257 e. The lowest BCUT2D eigenvalue weighted by Crippen LogP contribution is -2.13. The lowest BCUT2D eigenvalue weighted by molar-refractivity contribution is 0.102. The van der Waals surface area contributed by atoms with E-state index in [1.807, 2.05) is 38.1 Å². The molecule has 19 heavy (non-hydrogen) atoms. The minimum Gasteiger partial charge on any atom is -0.322 e. The van der Waals surface area contributed by atoms with E-state index >= 15 is 0 Å². The molecular formula is C15H13N3O. The highest BCUT2D eigenvalue weighted by Crippen LogP contribution is 2.18. The maximum atomic E-state index is 12.1. The molecule has 0 bridgehead atoms. The molecule has 4 heteroatoms. The maximum absolute atomic E-state index is 12.1. The second-order valence-corrected chi connectivity index (χ2v) is 4.28. The molecule has 1 heterocycles. The third-order valence-corrected chi connectivity index (χ3v) is 2.98. The molecule has 1 amide bonds. The zero-order valence-electron chi connectivity index (χ0n) is 10.8. The molecule has 2 rings (SSSR count). The van der Waals surface area contributed by atoms with E-state index in [2.05, 4.69) is 10.3 Å². The number of nitrogens with zero attached hydrogens (tertiary/aromatic N) is 2. The summed E-state index contributed by atoms with van der Waals surface area (Å²) in [6.07, 6.45) is 2.87. The van der Waals surface area contributed by atoms with Crippen LogP contribution in [0.1, 0.15) is 27.0 Å². The van der Waals surface area contributed by atoms with Crippen LogP contribution in [0.25, 0.3) is 0 Å². The Kier molecular flexibility index (Phi) is 3.58. The Morgan fingerprint density at radius 2 is 2.11 bits per heavy atom. The molecule has 4 nitrogen and oxygen atoms in total. The SMILES string of the molecule is Cc1cccc(NC(=O)c2cncc(C#N)c2)c1C. The van der Waals surface area contributed by atoms with Crippen LogP contribution in [-0.2, 0) is 0 Å². The molecule has 0 fully saturated rings. The van der Waals surface area contributed by atoms with Gasteiger partial charge in [0.05, 0.1) is 11.1 Å². The van der Waals surface area contributed by atoms with E-state index in [0.717, 1.165) is 16.8 Å². The summed E-state index contributed by atoms with van der Waals surface area (Å²) in [5.74, 6) is -0.265. The third-order valence-electron chi connectivity index (χ3n) is 2.98. The number of nitrogens with one attached hydrogen (secondary N) is 1. The Bertz CT molecular complexity index is 671. The number of aryl methyl sites for hydroxylation is 1. The fourth-order valence-corrected chi connectivity index (χ4v) is 1.71. The topological polar surface area (TPSA) is 65.8 Å². The van der Waals surface area contributed by atoms with E-state index in [0.29, 0.717) is 11.1 Å². The monoisotopic (exact) mass is 251 g/mol. The second-order valence-electron chi connectivity index (χ2n) is 4.28. The van der Waals surface area contributed by atoms with Crippen molar-refractivity contribution in [1.29, 1.82) is 5.26 Å². The van der Waals surface area contributed by atoms with Crippen LogP contribution in [0, 0.1) is 25.2 Å². The van der Waals surface area contributed by atoms with E-state index < -0.39 is 0 Å². The van der Waals surface area contributed by atoms with Gasteiger partial charge in [0, 0.05) is 18.1 Å². The van der Waals surface area contributed by atoms with Crippen molar-refractivity contribution in [2.45, 2.75) is 13.8 Å². The number of hydrogen-bond donors (Lipinski definition) is 1. The van der Waals surface area contributed by atoms with Crippen LogP contribution >= 0.6 is 0 Å². The van der Waals surface area contributed by atoms with Gasteiger partial charge in [0.2, 0.25) is 0 Å². The highest BCUT2D eigenvalue weighted by atomic mass is 16.1. The van der Waals surface area contributed by atoms with Gasteiger partial charge in [0.25, 0.3) is 5.91 Å². The van der Waals surface area contributed by atoms with E-state index in [1.54, 1.807) is 0 Å². The molecule has 0 spiro atoms. The van der Waals surface area contributed by atoms with Crippen molar-refractivity contribution in [2.75, 3.05) is 5.32 Å². The average Bonchev–Trinajstić information content (AvgIpc) is 2.44. The van der Waals surface area contributed by atoms with Crippen molar-refractivity contribution in [1.82, 2.24) is 4.98 Å². The molecule has 0 radical (unpaired) electrons. The van der Waals surface area contributed by atoms with Crippen LogP contribution in [0.15, 0.2) is 36.7 Å². The van der Waals surface area contributed by atoms with Gasteiger partial charge in [-0.1, -0.05) is 12.1 Å². The molecule has 2 aromatic rings. The zero-order valence-corrected chi connectivity index (χ0v) is 10.8. The van der Waals surface area contributed by atoms with Crippen molar-refractivity contribution < 1.29 is 4.79 Å². The summed E-state index contributed by atoms with van der Waals surface area (Å²) in [7, 11) is 0. The van der Waals surface area contributed by atoms with Crippen molar-refractivity contribution in [3.8, 4) is 6.07 Å². The van der Waals surface area contributed by atoms with E-state index in [-0.39, 0.29) is 5.91 Å². The van der Waals surface area contributed by atoms with Gasteiger partial charge in [-0.15, -0.1) is 0 Å². The molecule has 0 saturated carbocycles. The maximum Gasteiger partial charge on any atom is 0.257 e. The summed E-state index contributed by atoms with van der Waals surface area (Å²) < 4.78 is 0. The predicted octanol–water partition coefficient (Wildman–Crippen LogP) is 2.82. The lowest BCUT2D eigenvalue weighted by atomic mass is 10.1. The van der Waals surface area contributed by atoms with E-state index in [4.69, 9.17) is 5.26 Å². The number of benzene rings is 1. The summed E-state index contributed by atoms with van der Waals surface area (Å²) in [5, 5.41) is 11.6. The Balaban J connectivity index is 2.26. The molecule has 0 aliphatic heterocycles. The molecule has 1 aromatic heterocycles. The van der Waals surface area contributed by atoms with Gasteiger partial charge < -0.3 is 5.32 Å². The zero-order chi connectivity index (χ0) is 13.8. The van der Waals surface area contributed by atoms with E-state index in [9.17, 15) is 4.79 Å². The average molecular weight is 251 g/mol. The summed E-state index contributed by atoms with van der Waals surface area (Å²) in [4.78, 5) is 16.0. The minimum absolute atomic E-state index is 0.265. The Morgan fingerprint density at radius 1 is 1.32 bits per heavy atom. The fourth-order valence-electron chi connectivity index (χ4n) is 1.71. The van der Waals surface area contributed by atoms with E-state index in [1.165, 1.54) is 18.5 Å². The number of aromatic nitrogens is 1. The lowest BCUT2D eigenvalue weighted by Gasteiger charge is -2.10. The number of pyridine rings is 1. The quantitative estimate of drug-likeness (QED) is 0.892. The van der Waals surface area contributed by atoms with Crippen LogP contribution in [-0.4, -0.2) is 10.9 Å². The summed E-state index contributed by atoms with van der Waals surface area (Å²) >= 11 is 0. The number of hydrogen-bond acceptors (Lipinski definition) is 3. The van der Waals surface area contributed by atoms with Gasteiger partial charge in [-0.25, -0.2) is 0 Å². The Morgan fingerprint density at radius 3 is 2.84 bits per heavy atom. The Labute approximate surface area is 111 Å². The first-order valence-electron chi connectivity index (χ1n) is 5.84. The fraction of sp³-hybridized carbons (Fsp3) is 0.133. The molecule has 0 atom stereocenters. The van der Waals surface area contributed by atoms with Crippen LogP contribution in [0.3, 0.4) is 0 Å². The number of nitriles is 1. The Hall–Kier alpha value is -2.67. The van der Waals surface area contributed by atoms with Gasteiger partial charge in [-0.3, -0.25) is 9.78 Å². The molecule has 0 aliphatic rings. The summed E-state index contributed by atoms with van der Waals surface area (Å²) in [6.45, 7) is 3.94. The van der Waals surface area contributed by atoms with Crippen molar-refractivity contribution in [3.05, 3.63) is 58.9 Å². The summed E-state index contributed by atoms with van der Waals surface area (Å²) in [6, 6.07) is 9.21. The molecule has 1 aromatic carbocycles. The highest BCUT2D eigenvalue weighted by Gasteiger charge is 2.09. The molecule has 0 saturated heterocycles. The van der Waals surface area contributed by atoms with Crippen molar-refractivity contribution in [2.24, 2.45) is 0 Å². The van der Waals surface area contributed by atoms with Crippen LogP contribution in [0.2, 0.25) is 0 Å². The first kappa shape index (κ1) is 12.8. The summed E-state index contributed by atoms with van der Waals surface area (Å²) in [5.41, 5.74) is 3.66. The minimum atomic E-state index is -0.265. The second kappa shape index (κ2) is 5.32. The number of carbonyl (C=O) groups is 1. The number of amides is 1. The number of anilines is 1. The molecular weight excluding hydrogens is 238 g/mol. The largest absolute Gasteiger partial charge is 0.322 e. The molecule has 94 valence electrons. The van der Waals surface area contributed by atoms with Gasteiger partial charge in [0.1, 0.15) is 6.07 Å². The van der Waals surface area contributed by atoms with Crippen LogP contribution in [0.5, 0.6) is 0 Å². The predicted molar refractivity (Wildman–Crippen MR) is 72.8 cm³/mol. The van der Waals surface area contributed by atoms with Gasteiger partial charge in [-0.05, 0) is 37.1 Å². The highest BCUT2D eigenvalue weighted by molar-refractivity contribution is 6.04. The van der Waals surface area contributed by atoms with Crippen LogP contribution < -0.4 is 5.32 Å². The van der Waals surface area contributed by atoms with Gasteiger partial charge >= 0.3 is 0 Å². The molecule has 0 unspecified atom stereocenters. The first-order chi connectivity index (χ1) is 9.11.